The molecule has 98 valence electrons. The van der Waals surface area contributed by atoms with Crippen LogP contribution in [0.25, 0.3) is 0 Å². The molecule has 0 aromatic heterocycles. The van der Waals surface area contributed by atoms with E-state index in [0.29, 0.717) is 23.0 Å². The van der Waals surface area contributed by atoms with Crippen LogP contribution in [0.15, 0.2) is 29.8 Å². The zero-order chi connectivity index (χ0) is 13.8. The smallest absolute Gasteiger partial charge is 0.265 e. The SMILES string of the molecule is COc1ccc(NC(=O)/C(C#N)=C\C2CC2)cc1N. The summed E-state index contributed by atoms with van der Waals surface area (Å²) in [6, 6.07) is 6.87. The first-order valence-corrected chi connectivity index (χ1v) is 6.01. The van der Waals surface area contributed by atoms with E-state index in [9.17, 15) is 4.79 Å². The summed E-state index contributed by atoms with van der Waals surface area (Å²) in [7, 11) is 1.52. The highest BCUT2D eigenvalue weighted by Gasteiger charge is 2.21. The average molecular weight is 257 g/mol. The van der Waals surface area contributed by atoms with E-state index in [1.807, 2.05) is 6.07 Å². The number of amides is 1. The van der Waals surface area contributed by atoms with Crippen molar-refractivity contribution in [2.24, 2.45) is 5.92 Å². The van der Waals surface area contributed by atoms with Gasteiger partial charge in [-0.05, 0) is 37.0 Å². The van der Waals surface area contributed by atoms with Crippen LogP contribution in [0.1, 0.15) is 12.8 Å². The summed E-state index contributed by atoms with van der Waals surface area (Å²) in [4.78, 5) is 11.9. The summed E-state index contributed by atoms with van der Waals surface area (Å²) >= 11 is 0. The quantitative estimate of drug-likeness (QED) is 0.491. The first kappa shape index (κ1) is 13.0. The van der Waals surface area contributed by atoms with E-state index in [2.05, 4.69) is 5.32 Å². The molecule has 19 heavy (non-hydrogen) atoms. The third-order valence-electron chi connectivity index (χ3n) is 2.88. The van der Waals surface area contributed by atoms with Crippen LogP contribution < -0.4 is 15.8 Å². The highest BCUT2D eigenvalue weighted by Crippen LogP contribution is 2.31. The number of nitriles is 1. The van der Waals surface area contributed by atoms with Crippen LogP contribution in [0.4, 0.5) is 11.4 Å². The first-order chi connectivity index (χ1) is 9.13. The molecule has 0 radical (unpaired) electrons. The second kappa shape index (κ2) is 5.44. The van der Waals surface area contributed by atoms with Crippen molar-refractivity contribution in [1.29, 1.82) is 5.26 Å². The number of carbonyl (C=O) groups is 1. The second-order valence-electron chi connectivity index (χ2n) is 4.44. The van der Waals surface area contributed by atoms with Crippen LogP contribution in [0.5, 0.6) is 5.75 Å². The van der Waals surface area contributed by atoms with Crippen molar-refractivity contribution in [3.63, 3.8) is 0 Å². The molecule has 1 aliphatic rings. The van der Waals surface area contributed by atoms with Crippen LogP contribution in [0, 0.1) is 17.2 Å². The van der Waals surface area contributed by atoms with Crippen molar-refractivity contribution in [3.05, 3.63) is 29.8 Å². The maximum Gasteiger partial charge on any atom is 0.265 e. The number of nitrogens with two attached hydrogens (primary N) is 1. The minimum atomic E-state index is -0.404. The van der Waals surface area contributed by atoms with Gasteiger partial charge in [-0.25, -0.2) is 0 Å². The van der Waals surface area contributed by atoms with E-state index in [-0.39, 0.29) is 5.57 Å². The number of benzene rings is 1. The molecule has 1 amide bonds. The molecule has 0 spiro atoms. The van der Waals surface area contributed by atoms with E-state index < -0.39 is 5.91 Å². The molecule has 5 heteroatoms. The zero-order valence-electron chi connectivity index (χ0n) is 10.6. The monoisotopic (exact) mass is 257 g/mol. The standard InChI is InChI=1S/C14H15N3O2/c1-19-13-5-4-11(7-12(13)16)17-14(18)10(8-15)6-9-2-3-9/h4-7,9H,2-3,16H2,1H3,(H,17,18)/b10-6-. The van der Waals surface area contributed by atoms with Gasteiger partial charge in [-0.1, -0.05) is 6.08 Å². The van der Waals surface area contributed by atoms with Crippen LogP contribution in [-0.2, 0) is 4.79 Å². The lowest BCUT2D eigenvalue weighted by molar-refractivity contribution is -0.112. The number of ether oxygens (including phenoxy) is 1. The van der Waals surface area contributed by atoms with Crippen molar-refractivity contribution in [2.45, 2.75) is 12.8 Å². The molecular formula is C14H15N3O2. The van der Waals surface area contributed by atoms with Gasteiger partial charge in [0.25, 0.3) is 5.91 Å². The van der Waals surface area contributed by atoms with E-state index in [1.165, 1.54) is 7.11 Å². The van der Waals surface area contributed by atoms with Gasteiger partial charge in [0.15, 0.2) is 0 Å². The average Bonchev–Trinajstić information content (AvgIpc) is 3.20. The number of carbonyl (C=O) groups excluding carboxylic acids is 1. The van der Waals surface area contributed by atoms with Crippen molar-refractivity contribution in [1.82, 2.24) is 0 Å². The number of nitrogen functional groups attached to an aromatic ring is 1. The van der Waals surface area contributed by atoms with E-state index >= 15 is 0 Å². The van der Waals surface area contributed by atoms with Crippen LogP contribution in [0.3, 0.4) is 0 Å². The summed E-state index contributed by atoms with van der Waals surface area (Å²) in [5.74, 6) is 0.521. The van der Waals surface area contributed by atoms with E-state index in [4.69, 9.17) is 15.7 Å². The number of nitrogens with one attached hydrogen (secondary N) is 1. The van der Waals surface area contributed by atoms with Crippen molar-refractivity contribution in [2.75, 3.05) is 18.2 Å². The predicted molar refractivity (Wildman–Crippen MR) is 72.5 cm³/mol. The molecule has 1 aromatic rings. The predicted octanol–water partition coefficient (Wildman–Crippen LogP) is 2.08. The Hall–Kier alpha value is -2.48. The molecule has 0 unspecified atom stereocenters. The number of methoxy groups -OCH3 is 1. The van der Waals surface area contributed by atoms with Crippen LogP contribution >= 0.6 is 0 Å². The number of rotatable bonds is 4. The Morgan fingerprint density at radius 1 is 1.58 bits per heavy atom. The molecule has 0 atom stereocenters. The third-order valence-corrected chi connectivity index (χ3v) is 2.88. The van der Waals surface area contributed by atoms with Gasteiger partial charge >= 0.3 is 0 Å². The number of nitrogens with zero attached hydrogens (tertiary/aromatic N) is 1. The molecular weight excluding hydrogens is 242 g/mol. The molecule has 0 saturated heterocycles. The van der Waals surface area contributed by atoms with Gasteiger partial charge in [-0.3, -0.25) is 4.79 Å². The second-order valence-corrected chi connectivity index (χ2v) is 4.44. The molecule has 3 N–H and O–H groups in total. The van der Waals surface area contributed by atoms with Gasteiger partial charge in [0.05, 0.1) is 12.8 Å². The van der Waals surface area contributed by atoms with E-state index in [0.717, 1.165) is 12.8 Å². The number of hydrogen-bond acceptors (Lipinski definition) is 4. The number of allylic oxidation sites excluding steroid dienone is 1. The minimum Gasteiger partial charge on any atom is -0.495 e. The zero-order valence-corrected chi connectivity index (χ0v) is 10.6. The summed E-state index contributed by atoms with van der Waals surface area (Å²) in [6.45, 7) is 0. The molecule has 0 heterocycles. The molecule has 1 saturated carbocycles. The molecule has 1 fully saturated rings. The molecule has 0 aliphatic heterocycles. The largest absolute Gasteiger partial charge is 0.495 e. The van der Waals surface area contributed by atoms with Crippen molar-refractivity contribution >= 4 is 17.3 Å². The normalized spacial score (nSPS) is 14.6. The third kappa shape index (κ3) is 3.26. The van der Waals surface area contributed by atoms with Crippen LogP contribution in [0.2, 0.25) is 0 Å². The lowest BCUT2D eigenvalue weighted by atomic mass is 10.2. The Kier molecular flexibility index (Phi) is 3.71. The lowest BCUT2D eigenvalue weighted by Gasteiger charge is -2.08. The van der Waals surface area contributed by atoms with Crippen LogP contribution in [-0.4, -0.2) is 13.0 Å². The summed E-state index contributed by atoms with van der Waals surface area (Å²) < 4.78 is 5.03. The van der Waals surface area contributed by atoms with Gasteiger partial charge in [0.1, 0.15) is 17.4 Å². The Balaban J connectivity index is 2.10. The van der Waals surface area contributed by atoms with Gasteiger partial charge in [0, 0.05) is 5.69 Å². The number of hydrogen-bond donors (Lipinski definition) is 2. The van der Waals surface area contributed by atoms with Gasteiger partial charge in [-0.15, -0.1) is 0 Å². The summed E-state index contributed by atoms with van der Waals surface area (Å²) in [5.41, 5.74) is 6.88. The molecule has 5 nitrogen and oxygen atoms in total. The molecule has 0 bridgehead atoms. The van der Waals surface area contributed by atoms with Gasteiger partial charge < -0.3 is 15.8 Å². The van der Waals surface area contributed by atoms with E-state index in [1.54, 1.807) is 24.3 Å². The summed E-state index contributed by atoms with van der Waals surface area (Å²) in [5, 5.41) is 11.6. The Labute approximate surface area is 111 Å². The Morgan fingerprint density at radius 2 is 2.32 bits per heavy atom. The van der Waals surface area contributed by atoms with Crippen molar-refractivity contribution in [3.8, 4) is 11.8 Å². The fourth-order valence-electron chi connectivity index (χ4n) is 1.67. The summed E-state index contributed by atoms with van der Waals surface area (Å²) in [6.07, 6.45) is 3.82. The Morgan fingerprint density at radius 3 is 2.84 bits per heavy atom. The fraction of sp³-hybridized carbons (Fsp3) is 0.286. The fourth-order valence-corrected chi connectivity index (χ4v) is 1.67. The molecule has 1 aliphatic carbocycles. The number of anilines is 2. The Bertz CT molecular complexity index is 569. The first-order valence-electron chi connectivity index (χ1n) is 6.01. The highest BCUT2D eigenvalue weighted by atomic mass is 16.5. The molecule has 2 rings (SSSR count). The van der Waals surface area contributed by atoms with Gasteiger partial charge in [-0.2, -0.15) is 5.26 Å². The topological polar surface area (TPSA) is 88.1 Å². The highest BCUT2D eigenvalue weighted by molar-refractivity contribution is 6.06. The lowest BCUT2D eigenvalue weighted by Crippen LogP contribution is -2.14. The maximum atomic E-state index is 11.9. The van der Waals surface area contributed by atoms with Gasteiger partial charge in [0.2, 0.25) is 0 Å². The minimum absolute atomic E-state index is 0.150. The maximum absolute atomic E-state index is 11.9. The molecule has 1 aromatic carbocycles. The van der Waals surface area contributed by atoms with Crippen molar-refractivity contribution < 1.29 is 9.53 Å².